The maximum atomic E-state index is 14.0. The molecule has 0 aromatic heterocycles. The van der Waals surface area contributed by atoms with E-state index in [9.17, 15) is 32.3 Å². The number of hydrogen-bond donors (Lipinski definition) is 1. The fraction of sp³-hybridized carbons (Fsp3) is 0.500. The number of carbonyl (C=O) groups excluding carboxylic acids is 2. The number of carbonyl (C=O) groups is 2. The summed E-state index contributed by atoms with van der Waals surface area (Å²) in [6.45, 7) is 1.31. The summed E-state index contributed by atoms with van der Waals surface area (Å²) in [6, 6.07) is 8.96. The minimum absolute atomic E-state index is 0.0137. The van der Waals surface area contributed by atoms with Crippen LogP contribution in [0, 0.1) is 5.82 Å². The molecular weight excluding hydrogens is 572 g/mol. The van der Waals surface area contributed by atoms with Crippen molar-refractivity contribution >= 4 is 23.5 Å². The second kappa shape index (κ2) is 11.7. The van der Waals surface area contributed by atoms with Gasteiger partial charge in [-0.05, 0) is 42.0 Å². The quantitative estimate of drug-likeness (QED) is 0.380. The second-order valence-electron chi connectivity index (χ2n) is 10.7. The molecule has 1 N–H and O–H groups in total. The van der Waals surface area contributed by atoms with Gasteiger partial charge in [0.05, 0.1) is 12.1 Å². The minimum atomic E-state index is -5.14. The van der Waals surface area contributed by atoms with Crippen LogP contribution in [0.1, 0.15) is 35.2 Å². The van der Waals surface area contributed by atoms with Crippen LogP contribution >= 0.6 is 11.6 Å². The van der Waals surface area contributed by atoms with E-state index in [0.29, 0.717) is 24.7 Å². The number of nitrogens with zero attached hydrogens (tertiary/aromatic N) is 2. The van der Waals surface area contributed by atoms with Crippen LogP contribution in [0.4, 0.5) is 17.6 Å². The number of amides is 1. The fourth-order valence-electron chi connectivity index (χ4n) is 5.55. The highest BCUT2D eigenvalue weighted by molar-refractivity contribution is 6.30. The van der Waals surface area contributed by atoms with Gasteiger partial charge in [0.15, 0.2) is 0 Å². The largest absolute Gasteiger partial charge is 0.490 e. The lowest BCUT2D eigenvalue weighted by Gasteiger charge is -2.39. The van der Waals surface area contributed by atoms with Crippen molar-refractivity contribution in [1.82, 2.24) is 9.80 Å². The van der Waals surface area contributed by atoms with Crippen molar-refractivity contribution in [3.8, 4) is 11.5 Å². The molecule has 2 aromatic carbocycles. The standard InChI is InChI=1S/C28H29ClF4N2O6/c29-18-1-3-23-17(11-18)13-27(41-23)6-9-34(10-7-27)14-20(36)16-39-24-4-2-19(30)12-22(24)25(37)35-8-5-21(15-35)40-26(38)28(31,32)33/h1-4,11-12,20-21,36H,5-10,13-16H2/t20-,21-/m0/s1. The zero-order valence-corrected chi connectivity index (χ0v) is 22.7. The predicted molar refractivity (Wildman–Crippen MR) is 139 cm³/mol. The lowest BCUT2D eigenvalue weighted by Crippen LogP contribution is -2.49. The maximum absolute atomic E-state index is 14.0. The van der Waals surface area contributed by atoms with Gasteiger partial charge in [0.1, 0.15) is 41.7 Å². The zero-order valence-electron chi connectivity index (χ0n) is 22.0. The molecule has 1 spiro atoms. The number of hydrogen-bond acceptors (Lipinski definition) is 7. The Morgan fingerprint density at radius 1 is 1.15 bits per heavy atom. The summed E-state index contributed by atoms with van der Waals surface area (Å²) in [5, 5.41) is 11.3. The number of esters is 1. The summed E-state index contributed by atoms with van der Waals surface area (Å²) in [7, 11) is 0. The summed E-state index contributed by atoms with van der Waals surface area (Å²) in [5.74, 6) is -2.83. The van der Waals surface area contributed by atoms with Crippen LogP contribution in [-0.4, -0.2) is 90.1 Å². The van der Waals surface area contributed by atoms with Crippen LogP contribution < -0.4 is 9.47 Å². The number of halogens is 5. The summed E-state index contributed by atoms with van der Waals surface area (Å²) in [6.07, 6.45) is -4.82. The number of likely N-dealkylation sites (tertiary alicyclic amines) is 2. The van der Waals surface area contributed by atoms with Gasteiger partial charge in [-0.1, -0.05) is 11.6 Å². The minimum Gasteiger partial charge on any atom is -0.490 e. The second-order valence-corrected chi connectivity index (χ2v) is 11.1. The number of piperidine rings is 1. The molecular formula is C28H29ClF4N2O6. The van der Waals surface area contributed by atoms with Gasteiger partial charge in [-0.2, -0.15) is 13.2 Å². The maximum Gasteiger partial charge on any atom is 0.490 e. The van der Waals surface area contributed by atoms with E-state index in [1.54, 1.807) is 0 Å². The van der Waals surface area contributed by atoms with Gasteiger partial charge >= 0.3 is 12.1 Å². The Balaban J connectivity index is 1.12. The van der Waals surface area contributed by atoms with E-state index in [1.165, 1.54) is 11.0 Å². The Labute approximate surface area is 238 Å². The average Bonchev–Trinajstić information content (AvgIpc) is 3.52. The summed E-state index contributed by atoms with van der Waals surface area (Å²) < 4.78 is 67.9. The Kier molecular flexibility index (Phi) is 8.36. The molecule has 0 radical (unpaired) electrons. The van der Waals surface area contributed by atoms with Crippen molar-refractivity contribution in [1.29, 1.82) is 0 Å². The molecule has 0 aliphatic carbocycles. The number of β-amino-alcohol motifs (C(OH)–C–C–N with tert-alkyl or cyclic N) is 1. The number of rotatable bonds is 7. The third kappa shape index (κ3) is 6.87. The highest BCUT2D eigenvalue weighted by atomic mass is 35.5. The first-order valence-corrected chi connectivity index (χ1v) is 13.7. The fourth-order valence-corrected chi connectivity index (χ4v) is 5.75. The van der Waals surface area contributed by atoms with E-state index >= 15 is 0 Å². The molecule has 13 heteroatoms. The van der Waals surface area contributed by atoms with Gasteiger partial charge in [0.2, 0.25) is 0 Å². The van der Waals surface area contributed by atoms with E-state index in [2.05, 4.69) is 9.64 Å². The number of ether oxygens (including phenoxy) is 3. The molecule has 3 heterocycles. The number of alkyl halides is 3. The van der Waals surface area contributed by atoms with Gasteiger partial charge in [0.25, 0.3) is 5.91 Å². The molecule has 5 rings (SSSR count). The number of aliphatic hydroxyl groups excluding tert-OH is 1. The predicted octanol–water partition coefficient (Wildman–Crippen LogP) is 4.01. The third-order valence-electron chi connectivity index (χ3n) is 7.64. The van der Waals surface area contributed by atoms with E-state index in [0.717, 1.165) is 42.7 Å². The number of aliphatic hydroxyl groups is 1. The molecule has 2 atom stereocenters. The van der Waals surface area contributed by atoms with Crippen LogP contribution in [0.15, 0.2) is 36.4 Å². The van der Waals surface area contributed by atoms with E-state index in [4.69, 9.17) is 21.1 Å². The van der Waals surface area contributed by atoms with Gasteiger partial charge in [0, 0.05) is 56.9 Å². The Morgan fingerprint density at radius 3 is 2.63 bits per heavy atom. The van der Waals surface area contributed by atoms with Crippen LogP contribution in [-0.2, 0) is 16.0 Å². The Bertz CT molecular complexity index is 1300. The molecule has 2 aromatic rings. The zero-order chi connectivity index (χ0) is 29.4. The topological polar surface area (TPSA) is 88.5 Å². The Hall–Kier alpha value is -3.09. The van der Waals surface area contributed by atoms with Crippen LogP contribution in [0.2, 0.25) is 5.02 Å². The highest BCUT2D eigenvalue weighted by Gasteiger charge is 2.44. The monoisotopic (exact) mass is 600 g/mol. The molecule has 3 aliphatic rings. The first kappa shape index (κ1) is 29.4. The van der Waals surface area contributed by atoms with Crippen LogP contribution in [0.3, 0.4) is 0 Å². The number of benzene rings is 2. The molecule has 222 valence electrons. The van der Waals surface area contributed by atoms with E-state index in [-0.39, 0.29) is 43.0 Å². The summed E-state index contributed by atoms with van der Waals surface area (Å²) in [5.41, 5.74) is 0.669. The molecule has 2 fully saturated rings. The number of fused-ring (bicyclic) bond motifs is 1. The average molecular weight is 601 g/mol. The van der Waals surface area contributed by atoms with Gasteiger partial charge in [-0.25, -0.2) is 9.18 Å². The molecule has 2 saturated heterocycles. The molecule has 41 heavy (non-hydrogen) atoms. The van der Waals surface area contributed by atoms with Crippen LogP contribution in [0.5, 0.6) is 11.5 Å². The van der Waals surface area contributed by atoms with Gasteiger partial charge in [-0.3, -0.25) is 4.79 Å². The molecule has 0 saturated carbocycles. The van der Waals surface area contributed by atoms with E-state index < -0.39 is 36.1 Å². The summed E-state index contributed by atoms with van der Waals surface area (Å²) >= 11 is 6.12. The van der Waals surface area contributed by atoms with Gasteiger partial charge < -0.3 is 29.1 Å². The van der Waals surface area contributed by atoms with Crippen LogP contribution in [0.25, 0.3) is 0 Å². The smallest absolute Gasteiger partial charge is 0.490 e. The lowest BCUT2D eigenvalue weighted by molar-refractivity contribution is -0.204. The van der Waals surface area contributed by atoms with Crippen molar-refractivity contribution in [3.63, 3.8) is 0 Å². The van der Waals surface area contributed by atoms with Crippen molar-refractivity contribution in [2.45, 2.75) is 49.7 Å². The first-order valence-electron chi connectivity index (χ1n) is 13.3. The van der Waals surface area contributed by atoms with Crippen molar-refractivity contribution < 1.29 is 46.5 Å². The first-order chi connectivity index (χ1) is 19.4. The lowest BCUT2D eigenvalue weighted by atomic mass is 9.87. The molecule has 3 aliphatic heterocycles. The SMILES string of the molecule is O=C(c1cc(F)ccc1OC[C@@H](O)CN1CCC2(CC1)Cc1cc(Cl)ccc1O2)N1CC[C@H](OC(=O)C(F)(F)F)C1. The highest BCUT2D eigenvalue weighted by Crippen LogP contribution is 2.42. The molecule has 0 bridgehead atoms. The van der Waals surface area contributed by atoms with Crippen molar-refractivity contribution in [3.05, 3.63) is 58.4 Å². The third-order valence-corrected chi connectivity index (χ3v) is 7.87. The van der Waals surface area contributed by atoms with Gasteiger partial charge in [-0.15, -0.1) is 0 Å². The molecule has 0 unspecified atom stereocenters. The van der Waals surface area contributed by atoms with E-state index in [1.807, 2.05) is 18.2 Å². The normalized spacial score (nSPS) is 20.9. The molecule has 8 nitrogen and oxygen atoms in total. The van der Waals surface area contributed by atoms with Crippen molar-refractivity contribution in [2.75, 3.05) is 39.3 Å². The Morgan fingerprint density at radius 2 is 1.90 bits per heavy atom. The van der Waals surface area contributed by atoms with Crippen molar-refractivity contribution in [2.24, 2.45) is 0 Å². The molecule has 1 amide bonds. The summed E-state index contributed by atoms with van der Waals surface area (Å²) in [4.78, 5) is 27.5.